The first-order chi connectivity index (χ1) is 18.8. The molecule has 0 aromatic heterocycles. The zero-order valence-electron chi connectivity index (χ0n) is 25.2. The molecule has 0 amide bonds. The van der Waals surface area contributed by atoms with Gasteiger partial charge in [0.15, 0.2) is 11.5 Å². The number of rotatable bonds is 18. The summed E-state index contributed by atoms with van der Waals surface area (Å²) in [4.78, 5) is 49.4. The Morgan fingerprint density at radius 1 is 0.800 bits per heavy atom. The van der Waals surface area contributed by atoms with Gasteiger partial charge in [-0.2, -0.15) is 0 Å². The molecule has 0 fully saturated rings. The minimum atomic E-state index is -1.33. The molecule has 0 spiro atoms. The molecule has 9 nitrogen and oxygen atoms in total. The summed E-state index contributed by atoms with van der Waals surface area (Å²) in [5.74, 6) is -3.13. The van der Waals surface area contributed by atoms with Gasteiger partial charge in [0, 0.05) is 31.1 Å². The number of unbranched alkanes of at least 4 members (excludes halogenated alkanes) is 2. The lowest BCUT2D eigenvalue weighted by atomic mass is 9.79. The van der Waals surface area contributed by atoms with Gasteiger partial charge in [-0.05, 0) is 55.7 Å². The van der Waals surface area contributed by atoms with E-state index in [4.69, 9.17) is 19.9 Å². The van der Waals surface area contributed by atoms with E-state index in [0.717, 1.165) is 19.3 Å². The lowest BCUT2D eigenvalue weighted by Crippen LogP contribution is -2.42. The third kappa shape index (κ3) is 12.5. The summed E-state index contributed by atoms with van der Waals surface area (Å²) in [5.41, 5.74) is 6.61. The molecule has 0 saturated heterocycles. The average Bonchev–Trinajstić information content (AvgIpc) is 2.87. The van der Waals surface area contributed by atoms with E-state index in [0.29, 0.717) is 24.3 Å². The molecule has 0 bridgehead atoms. The molecule has 0 radical (unpaired) electrons. The Balaban J connectivity index is 3.35. The van der Waals surface area contributed by atoms with E-state index in [1.54, 1.807) is 19.9 Å². The molecule has 40 heavy (non-hydrogen) atoms. The Hall–Kier alpha value is -2.94. The molecule has 1 rings (SSSR count). The first-order valence-corrected chi connectivity index (χ1v) is 14.5. The number of nitrogens with two attached hydrogens (primary N) is 1. The van der Waals surface area contributed by atoms with Crippen LogP contribution in [0.4, 0.5) is 0 Å². The van der Waals surface area contributed by atoms with Gasteiger partial charge in [0.25, 0.3) is 0 Å². The number of hydrogen-bond donors (Lipinski definition) is 2. The minimum absolute atomic E-state index is 0.0168. The second-order valence-electron chi connectivity index (χ2n) is 11.4. The van der Waals surface area contributed by atoms with Crippen LogP contribution < -0.4 is 15.2 Å². The highest BCUT2D eigenvalue weighted by atomic mass is 16.6. The highest BCUT2D eigenvalue weighted by Gasteiger charge is 2.35. The van der Waals surface area contributed by atoms with E-state index in [9.17, 15) is 24.3 Å². The van der Waals surface area contributed by atoms with Crippen molar-refractivity contribution in [1.29, 1.82) is 0 Å². The first kappa shape index (κ1) is 35.1. The van der Waals surface area contributed by atoms with Crippen molar-refractivity contribution in [1.82, 2.24) is 0 Å². The van der Waals surface area contributed by atoms with Crippen molar-refractivity contribution in [2.75, 3.05) is 0 Å². The molecular formula is C31H49NO8. The van der Waals surface area contributed by atoms with Gasteiger partial charge in [0.2, 0.25) is 0 Å². The monoisotopic (exact) mass is 563 g/mol. The van der Waals surface area contributed by atoms with Crippen molar-refractivity contribution in [3.8, 4) is 11.5 Å². The number of carbonyl (C=O) groups is 4. The molecule has 0 aliphatic rings. The Bertz CT molecular complexity index is 974. The van der Waals surface area contributed by atoms with E-state index in [1.165, 1.54) is 12.1 Å². The van der Waals surface area contributed by atoms with Gasteiger partial charge in [-0.1, -0.05) is 60.5 Å². The molecule has 3 unspecified atom stereocenters. The quantitative estimate of drug-likeness (QED) is 0.125. The first-order valence-electron chi connectivity index (χ1n) is 14.5. The van der Waals surface area contributed by atoms with Crippen LogP contribution in [-0.4, -0.2) is 41.1 Å². The zero-order chi connectivity index (χ0) is 30.4. The van der Waals surface area contributed by atoms with Gasteiger partial charge in [0.05, 0.1) is 0 Å². The standard InChI is InChI=1S/C31H49NO8/c1-8-9-10-11-26(33)38-22(7)21(6)29(30(32)31(36)37)23-14-15-24(39-27(34)16-12-19(2)3)25(18-23)40-28(35)17-13-20(4)5/h14-15,18-22,29-30H,8-13,16-17,32H2,1-7H3,(H,36,37)/t21?,22?,29?,30-/m0/s1. The summed E-state index contributed by atoms with van der Waals surface area (Å²) < 4.78 is 16.8. The highest BCUT2D eigenvalue weighted by Crippen LogP contribution is 2.37. The SMILES string of the molecule is CCCCCC(=O)OC(C)C(C)C(c1ccc(OC(=O)CCC(C)C)c(OC(=O)CCC(C)C)c1)[C@H](N)C(=O)O. The van der Waals surface area contributed by atoms with Crippen LogP contribution in [0.3, 0.4) is 0 Å². The van der Waals surface area contributed by atoms with Crippen molar-refractivity contribution < 1.29 is 38.5 Å². The fourth-order valence-electron chi connectivity index (χ4n) is 4.23. The van der Waals surface area contributed by atoms with Gasteiger partial charge < -0.3 is 25.1 Å². The van der Waals surface area contributed by atoms with Crippen LogP contribution in [0, 0.1) is 17.8 Å². The minimum Gasteiger partial charge on any atom is -0.480 e. The number of aliphatic carboxylic acids is 1. The van der Waals surface area contributed by atoms with Gasteiger partial charge in [-0.15, -0.1) is 0 Å². The van der Waals surface area contributed by atoms with Crippen LogP contribution in [0.2, 0.25) is 0 Å². The molecular weight excluding hydrogens is 514 g/mol. The summed E-state index contributed by atoms with van der Waals surface area (Å²) in [7, 11) is 0. The lowest BCUT2D eigenvalue weighted by Gasteiger charge is -2.32. The second-order valence-corrected chi connectivity index (χ2v) is 11.4. The van der Waals surface area contributed by atoms with E-state index in [2.05, 4.69) is 0 Å². The van der Waals surface area contributed by atoms with E-state index in [-0.39, 0.29) is 42.6 Å². The van der Waals surface area contributed by atoms with Crippen LogP contribution in [0.1, 0.15) is 111 Å². The summed E-state index contributed by atoms with van der Waals surface area (Å²) in [6.45, 7) is 13.5. The van der Waals surface area contributed by atoms with Crippen molar-refractivity contribution in [2.45, 2.75) is 118 Å². The number of esters is 3. The molecule has 0 aliphatic carbocycles. The van der Waals surface area contributed by atoms with Crippen molar-refractivity contribution in [2.24, 2.45) is 23.5 Å². The molecule has 1 aromatic carbocycles. The predicted octanol–water partition coefficient (Wildman–Crippen LogP) is 6.01. The fourth-order valence-corrected chi connectivity index (χ4v) is 4.23. The van der Waals surface area contributed by atoms with Crippen molar-refractivity contribution in [3.63, 3.8) is 0 Å². The number of hydrogen-bond acceptors (Lipinski definition) is 8. The van der Waals surface area contributed by atoms with Crippen LogP contribution in [0.15, 0.2) is 18.2 Å². The molecule has 4 atom stereocenters. The normalized spacial score (nSPS) is 14.3. The maximum absolute atomic E-state index is 12.6. The maximum Gasteiger partial charge on any atom is 0.321 e. The molecule has 0 saturated carbocycles. The molecule has 0 aliphatic heterocycles. The average molecular weight is 564 g/mol. The Morgan fingerprint density at radius 3 is 1.85 bits per heavy atom. The van der Waals surface area contributed by atoms with Crippen molar-refractivity contribution in [3.05, 3.63) is 23.8 Å². The molecule has 1 aromatic rings. The van der Waals surface area contributed by atoms with Crippen LogP contribution in [-0.2, 0) is 23.9 Å². The number of ether oxygens (including phenoxy) is 3. The third-order valence-corrected chi connectivity index (χ3v) is 6.93. The number of carboxylic acids is 1. The maximum atomic E-state index is 12.6. The Labute approximate surface area is 239 Å². The van der Waals surface area contributed by atoms with Gasteiger partial charge in [0.1, 0.15) is 12.1 Å². The molecule has 226 valence electrons. The molecule has 9 heteroatoms. The van der Waals surface area contributed by atoms with E-state index < -0.39 is 41.9 Å². The molecule has 0 heterocycles. The summed E-state index contributed by atoms with van der Waals surface area (Å²) in [6, 6.07) is 3.26. The Morgan fingerprint density at radius 2 is 1.35 bits per heavy atom. The number of benzene rings is 1. The summed E-state index contributed by atoms with van der Waals surface area (Å²) in [6.07, 6.45) is 3.89. The number of carboxylic acid groups (broad SMARTS) is 1. The fraction of sp³-hybridized carbons (Fsp3) is 0.677. The highest BCUT2D eigenvalue weighted by molar-refractivity contribution is 5.77. The summed E-state index contributed by atoms with van der Waals surface area (Å²) in [5, 5.41) is 9.80. The Kier molecular flexibility index (Phi) is 15.5. The number of carbonyl (C=O) groups excluding carboxylic acids is 3. The third-order valence-electron chi connectivity index (χ3n) is 6.93. The van der Waals surface area contributed by atoms with Crippen molar-refractivity contribution >= 4 is 23.9 Å². The predicted molar refractivity (Wildman–Crippen MR) is 153 cm³/mol. The van der Waals surface area contributed by atoms with E-state index >= 15 is 0 Å². The smallest absolute Gasteiger partial charge is 0.321 e. The molecule has 3 N–H and O–H groups in total. The lowest BCUT2D eigenvalue weighted by molar-refractivity contribution is -0.151. The van der Waals surface area contributed by atoms with Crippen LogP contribution in [0.25, 0.3) is 0 Å². The van der Waals surface area contributed by atoms with Gasteiger partial charge in [-0.25, -0.2) is 0 Å². The zero-order valence-corrected chi connectivity index (χ0v) is 25.2. The summed E-state index contributed by atoms with van der Waals surface area (Å²) >= 11 is 0. The van der Waals surface area contributed by atoms with E-state index in [1.807, 2.05) is 34.6 Å². The largest absolute Gasteiger partial charge is 0.480 e. The van der Waals surface area contributed by atoms with Gasteiger partial charge >= 0.3 is 23.9 Å². The topological polar surface area (TPSA) is 142 Å². The van der Waals surface area contributed by atoms with Crippen LogP contribution >= 0.6 is 0 Å². The van der Waals surface area contributed by atoms with Crippen LogP contribution in [0.5, 0.6) is 11.5 Å². The van der Waals surface area contributed by atoms with Gasteiger partial charge in [-0.3, -0.25) is 19.2 Å². The second kappa shape index (κ2) is 17.7.